The second-order valence-corrected chi connectivity index (χ2v) is 5.75. The molecule has 0 aromatic heterocycles. The van der Waals surface area contributed by atoms with E-state index in [1.807, 2.05) is 20.8 Å². The minimum Gasteiger partial charge on any atom is -0.444 e. The zero-order valence-corrected chi connectivity index (χ0v) is 11.2. The van der Waals surface area contributed by atoms with Crippen LogP contribution in [0.1, 0.15) is 53.4 Å². The van der Waals surface area contributed by atoms with Gasteiger partial charge in [0.15, 0.2) is 0 Å². The topological polar surface area (TPSA) is 55.4 Å². The van der Waals surface area contributed by atoms with E-state index >= 15 is 0 Å². The lowest BCUT2D eigenvalue weighted by Gasteiger charge is -2.31. The second kappa shape index (κ2) is 5.52. The summed E-state index contributed by atoms with van der Waals surface area (Å²) < 4.78 is 5.21. The Morgan fingerprint density at radius 2 is 1.76 bits per heavy atom. The molecule has 1 aliphatic rings. The highest BCUT2D eigenvalue weighted by atomic mass is 16.6. The van der Waals surface area contributed by atoms with Crippen LogP contribution in [0.5, 0.6) is 0 Å². The molecule has 0 bridgehead atoms. The van der Waals surface area contributed by atoms with Gasteiger partial charge in [-0.3, -0.25) is 4.79 Å². The van der Waals surface area contributed by atoms with Crippen LogP contribution in [0, 0.1) is 5.92 Å². The largest absolute Gasteiger partial charge is 0.444 e. The molecule has 2 atom stereocenters. The van der Waals surface area contributed by atoms with Gasteiger partial charge in [-0.2, -0.15) is 0 Å². The van der Waals surface area contributed by atoms with Crippen LogP contribution in [0.3, 0.4) is 0 Å². The first-order valence-electron chi connectivity index (χ1n) is 6.29. The minimum absolute atomic E-state index is 0.0451. The van der Waals surface area contributed by atoms with Gasteiger partial charge in [0.1, 0.15) is 11.4 Å². The van der Waals surface area contributed by atoms with E-state index in [1.165, 1.54) is 0 Å². The number of Topliss-reactive ketones (excluding diaryl/α,β-unsaturated/α-hetero) is 1. The van der Waals surface area contributed by atoms with Crippen molar-refractivity contribution in [2.75, 3.05) is 0 Å². The molecule has 0 spiro atoms. The molecule has 1 saturated carbocycles. The highest BCUT2D eigenvalue weighted by molar-refractivity contribution is 5.80. The molecule has 0 aliphatic heterocycles. The molecule has 1 rings (SSSR count). The lowest BCUT2D eigenvalue weighted by atomic mass is 9.82. The van der Waals surface area contributed by atoms with Crippen LogP contribution < -0.4 is 5.32 Å². The molecule has 1 aliphatic carbocycles. The van der Waals surface area contributed by atoms with Crippen molar-refractivity contribution in [2.45, 2.75) is 65.0 Å². The molecule has 4 heteroatoms. The number of carbonyl (C=O) groups is 2. The fourth-order valence-corrected chi connectivity index (χ4v) is 2.25. The Morgan fingerprint density at radius 3 is 2.29 bits per heavy atom. The van der Waals surface area contributed by atoms with Gasteiger partial charge in [0, 0.05) is 12.0 Å². The maximum Gasteiger partial charge on any atom is 0.407 e. The zero-order valence-electron chi connectivity index (χ0n) is 11.2. The van der Waals surface area contributed by atoms with Gasteiger partial charge in [0.2, 0.25) is 0 Å². The molecule has 98 valence electrons. The van der Waals surface area contributed by atoms with Crippen LogP contribution >= 0.6 is 0 Å². The van der Waals surface area contributed by atoms with Gasteiger partial charge in [0.05, 0.1) is 0 Å². The van der Waals surface area contributed by atoms with Crippen LogP contribution in [-0.2, 0) is 9.53 Å². The molecule has 0 heterocycles. The van der Waals surface area contributed by atoms with Crippen molar-refractivity contribution in [2.24, 2.45) is 5.92 Å². The van der Waals surface area contributed by atoms with E-state index in [1.54, 1.807) is 6.92 Å². The van der Waals surface area contributed by atoms with E-state index in [9.17, 15) is 9.59 Å². The van der Waals surface area contributed by atoms with Crippen molar-refractivity contribution >= 4 is 11.9 Å². The highest BCUT2D eigenvalue weighted by Gasteiger charge is 2.30. The summed E-state index contributed by atoms with van der Waals surface area (Å²) in [6.45, 7) is 7.08. The standard InChI is InChI=1S/C13H23NO3/c1-9(15)10-7-5-6-8-11(10)14-12(16)17-13(2,3)4/h10-11H,5-8H2,1-4H3,(H,14,16)/t10-,11-/m1/s1. The first-order chi connectivity index (χ1) is 7.79. The van der Waals surface area contributed by atoms with E-state index in [0.717, 1.165) is 25.7 Å². The van der Waals surface area contributed by atoms with Gasteiger partial charge in [-0.1, -0.05) is 12.8 Å². The first-order valence-corrected chi connectivity index (χ1v) is 6.29. The fourth-order valence-electron chi connectivity index (χ4n) is 2.25. The Morgan fingerprint density at radius 1 is 1.18 bits per heavy atom. The number of alkyl carbamates (subject to hydrolysis) is 1. The van der Waals surface area contributed by atoms with Crippen molar-refractivity contribution in [3.63, 3.8) is 0 Å². The first kappa shape index (κ1) is 14.0. The third-order valence-electron chi connectivity index (χ3n) is 2.99. The minimum atomic E-state index is -0.496. The van der Waals surface area contributed by atoms with E-state index in [-0.39, 0.29) is 17.7 Å². The van der Waals surface area contributed by atoms with Gasteiger partial charge in [-0.25, -0.2) is 4.79 Å². The van der Waals surface area contributed by atoms with Gasteiger partial charge in [-0.05, 0) is 40.5 Å². The van der Waals surface area contributed by atoms with Crippen molar-refractivity contribution in [3.8, 4) is 0 Å². The maximum atomic E-state index is 11.7. The van der Waals surface area contributed by atoms with Gasteiger partial charge in [-0.15, -0.1) is 0 Å². The maximum absolute atomic E-state index is 11.7. The quantitative estimate of drug-likeness (QED) is 0.808. The molecule has 0 radical (unpaired) electrons. The fraction of sp³-hybridized carbons (Fsp3) is 0.846. The average Bonchev–Trinajstić information content (AvgIpc) is 2.14. The lowest BCUT2D eigenvalue weighted by molar-refractivity contribution is -0.122. The Labute approximate surface area is 103 Å². The molecule has 0 unspecified atom stereocenters. The number of rotatable bonds is 2. The summed E-state index contributed by atoms with van der Waals surface area (Å²) in [5.74, 6) is 0.113. The van der Waals surface area contributed by atoms with E-state index in [4.69, 9.17) is 4.74 Å². The number of ketones is 1. The molecular formula is C13H23NO3. The van der Waals surface area contributed by atoms with Gasteiger partial charge < -0.3 is 10.1 Å². The summed E-state index contributed by atoms with van der Waals surface area (Å²) in [6, 6.07) is -0.0592. The van der Waals surface area contributed by atoms with Crippen LogP contribution in [-0.4, -0.2) is 23.5 Å². The summed E-state index contributed by atoms with van der Waals surface area (Å²) >= 11 is 0. The molecule has 1 fully saturated rings. The van der Waals surface area contributed by atoms with Crippen molar-refractivity contribution in [1.82, 2.24) is 5.32 Å². The zero-order chi connectivity index (χ0) is 13.1. The van der Waals surface area contributed by atoms with Crippen molar-refractivity contribution < 1.29 is 14.3 Å². The van der Waals surface area contributed by atoms with Crippen molar-refractivity contribution in [1.29, 1.82) is 0 Å². The highest BCUT2D eigenvalue weighted by Crippen LogP contribution is 2.25. The van der Waals surface area contributed by atoms with E-state index < -0.39 is 11.7 Å². The molecular weight excluding hydrogens is 218 g/mol. The van der Waals surface area contributed by atoms with Crippen LogP contribution in [0.2, 0.25) is 0 Å². The number of hydrogen-bond donors (Lipinski definition) is 1. The molecule has 1 N–H and O–H groups in total. The monoisotopic (exact) mass is 241 g/mol. The third-order valence-corrected chi connectivity index (χ3v) is 2.99. The third kappa shape index (κ3) is 4.75. The van der Waals surface area contributed by atoms with Gasteiger partial charge in [0.25, 0.3) is 0 Å². The summed E-state index contributed by atoms with van der Waals surface area (Å²) in [7, 11) is 0. The summed E-state index contributed by atoms with van der Waals surface area (Å²) in [5.41, 5.74) is -0.496. The van der Waals surface area contributed by atoms with Gasteiger partial charge >= 0.3 is 6.09 Å². The molecule has 0 saturated heterocycles. The van der Waals surface area contributed by atoms with Crippen LogP contribution in [0.15, 0.2) is 0 Å². The van der Waals surface area contributed by atoms with E-state index in [2.05, 4.69) is 5.32 Å². The van der Waals surface area contributed by atoms with Crippen LogP contribution in [0.25, 0.3) is 0 Å². The number of amides is 1. The summed E-state index contributed by atoms with van der Waals surface area (Å²) in [6.07, 6.45) is 3.44. The number of carbonyl (C=O) groups excluding carboxylic acids is 2. The average molecular weight is 241 g/mol. The molecule has 17 heavy (non-hydrogen) atoms. The predicted molar refractivity (Wildman–Crippen MR) is 65.8 cm³/mol. The van der Waals surface area contributed by atoms with Crippen LogP contribution in [0.4, 0.5) is 4.79 Å². The molecule has 0 aromatic rings. The molecule has 0 aromatic carbocycles. The van der Waals surface area contributed by atoms with Crippen molar-refractivity contribution in [3.05, 3.63) is 0 Å². The Hall–Kier alpha value is -1.06. The summed E-state index contributed by atoms with van der Waals surface area (Å²) in [5, 5.41) is 2.82. The number of hydrogen-bond acceptors (Lipinski definition) is 3. The SMILES string of the molecule is CC(=O)[C@H]1CCCC[C@H]1NC(=O)OC(C)(C)C. The number of ether oxygens (including phenoxy) is 1. The Kier molecular flexibility index (Phi) is 4.54. The molecule has 4 nitrogen and oxygen atoms in total. The number of nitrogens with one attached hydrogen (secondary N) is 1. The Balaban J connectivity index is 2.53. The predicted octanol–water partition coefficient (Wildman–Crippen LogP) is 2.66. The smallest absolute Gasteiger partial charge is 0.407 e. The summed E-state index contributed by atoms with van der Waals surface area (Å²) in [4.78, 5) is 23.1. The normalized spacial score (nSPS) is 25.2. The van der Waals surface area contributed by atoms with E-state index in [0.29, 0.717) is 0 Å². The lowest BCUT2D eigenvalue weighted by Crippen LogP contribution is -2.46. The Bertz CT molecular complexity index is 294. The second-order valence-electron chi connectivity index (χ2n) is 5.75. The molecule has 1 amide bonds.